The predicted octanol–water partition coefficient (Wildman–Crippen LogP) is -0.0166. The molecule has 0 radical (unpaired) electrons. The third-order valence-corrected chi connectivity index (χ3v) is 4.04. The molecule has 3 rings (SSSR count). The van der Waals surface area contributed by atoms with Gasteiger partial charge in [0, 0.05) is 11.8 Å². The predicted molar refractivity (Wildman–Crippen MR) is 85.8 cm³/mol. The number of piperazine rings is 1. The lowest BCUT2D eigenvalue weighted by Gasteiger charge is -2.27. The highest BCUT2D eigenvalue weighted by Gasteiger charge is 2.27. The molecule has 0 bridgehead atoms. The Morgan fingerprint density at radius 3 is 2.57 bits per heavy atom. The average molecular weight is 316 g/mol. The van der Waals surface area contributed by atoms with Crippen molar-refractivity contribution >= 4 is 17.4 Å². The van der Waals surface area contributed by atoms with Gasteiger partial charge in [0.05, 0.1) is 6.20 Å². The second-order valence-corrected chi connectivity index (χ2v) is 5.72. The number of pyridine rings is 1. The number of nitrogens with one attached hydrogen (secondary N) is 3. The van der Waals surface area contributed by atoms with Crippen LogP contribution in [0.25, 0.3) is 0 Å². The zero-order chi connectivity index (χ0) is 16.1. The van der Waals surface area contributed by atoms with Crippen LogP contribution >= 0.6 is 0 Å². The van der Waals surface area contributed by atoms with Gasteiger partial charge in [0.2, 0.25) is 0 Å². The van der Waals surface area contributed by atoms with E-state index in [9.17, 15) is 9.18 Å². The Kier molecular flexibility index (Phi) is 4.83. The van der Waals surface area contributed by atoms with Crippen molar-refractivity contribution in [2.24, 2.45) is 0 Å². The summed E-state index contributed by atoms with van der Waals surface area (Å²) in [6, 6.07) is 11.9. The Balaban J connectivity index is 1.47. The third-order valence-electron chi connectivity index (χ3n) is 4.04. The average Bonchev–Trinajstić information content (AvgIpc) is 2.58. The molecule has 0 atom stereocenters. The van der Waals surface area contributed by atoms with Crippen molar-refractivity contribution < 1.29 is 19.1 Å². The van der Waals surface area contributed by atoms with Crippen LogP contribution in [0.2, 0.25) is 0 Å². The van der Waals surface area contributed by atoms with Crippen LogP contribution in [0.15, 0.2) is 48.7 Å². The van der Waals surface area contributed by atoms with Gasteiger partial charge in [-0.3, -0.25) is 9.69 Å². The molecule has 23 heavy (non-hydrogen) atoms. The Labute approximate surface area is 134 Å². The van der Waals surface area contributed by atoms with Crippen molar-refractivity contribution in [1.29, 1.82) is 0 Å². The molecular formula is C17H21FN4O+2. The summed E-state index contributed by atoms with van der Waals surface area (Å²) in [4.78, 5) is 18.9. The quantitative estimate of drug-likeness (QED) is 0.833. The molecule has 0 aliphatic carbocycles. The standard InChI is InChI=1S/C17H19FN4O/c18-14-4-6-15(7-5-14)20-17(23)13-21-9-11-22(12-10-21)16-3-1-2-8-19-16/h1-8H,9-13H2,(H,20,23)/p+2. The van der Waals surface area contributed by atoms with E-state index in [0.29, 0.717) is 12.2 Å². The van der Waals surface area contributed by atoms with E-state index >= 15 is 0 Å². The highest BCUT2D eigenvalue weighted by molar-refractivity contribution is 5.91. The number of carbonyl (C=O) groups excluding carboxylic acids is 1. The minimum absolute atomic E-state index is 0.0358. The largest absolute Gasteiger partial charge is 0.321 e. The van der Waals surface area contributed by atoms with Crippen molar-refractivity contribution in [2.75, 3.05) is 42.9 Å². The highest BCUT2D eigenvalue weighted by atomic mass is 19.1. The fourth-order valence-electron chi connectivity index (χ4n) is 2.79. The van der Waals surface area contributed by atoms with Crippen LogP contribution in [0.4, 0.5) is 15.9 Å². The molecule has 1 aliphatic rings. The molecule has 1 fully saturated rings. The number of carbonyl (C=O) groups is 1. The second-order valence-electron chi connectivity index (χ2n) is 5.72. The van der Waals surface area contributed by atoms with Crippen molar-refractivity contribution in [3.8, 4) is 0 Å². The van der Waals surface area contributed by atoms with Gasteiger partial charge in [-0.15, -0.1) is 0 Å². The molecule has 0 saturated carbocycles. The first kappa shape index (κ1) is 15.4. The van der Waals surface area contributed by atoms with E-state index in [4.69, 9.17) is 0 Å². The van der Waals surface area contributed by atoms with Crippen LogP contribution in [-0.4, -0.2) is 38.6 Å². The molecule has 0 unspecified atom stereocenters. The molecule has 1 aliphatic heterocycles. The molecule has 120 valence electrons. The van der Waals surface area contributed by atoms with Gasteiger partial charge < -0.3 is 10.2 Å². The van der Waals surface area contributed by atoms with Crippen LogP contribution in [0.1, 0.15) is 0 Å². The number of H-pyrrole nitrogens is 1. The molecule has 1 aromatic heterocycles. The number of aromatic nitrogens is 1. The van der Waals surface area contributed by atoms with Crippen LogP contribution in [0.5, 0.6) is 0 Å². The summed E-state index contributed by atoms with van der Waals surface area (Å²) in [5.41, 5.74) is 0.633. The summed E-state index contributed by atoms with van der Waals surface area (Å²) in [7, 11) is 0. The van der Waals surface area contributed by atoms with E-state index in [1.165, 1.54) is 17.0 Å². The van der Waals surface area contributed by atoms with Crippen molar-refractivity contribution in [3.63, 3.8) is 0 Å². The summed E-state index contributed by atoms with van der Waals surface area (Å²) in [5.74, 6) is 0.774. The maximum atomic E-state index is 12.8. The molecule has 0 spiro atoms. The normalized spacial score (nSPS) is 15.4. The number of anilines is 2. The maximum absolute atomic E-state index is 12.8. The number of benzene rings is 1. The zero-order valence-corrected chi connectivity index (χ0v) is 12.9. The number of halogens is 1. The Hall–Kier alpha value is -2.47. The van der Waals surface area contributed by atoms with Gasteiger partial charge in [-0.25, -0.2) is 9.37 Å². The molecule has 2 heterocycles. The van der Waals surface area contributed by atoms with Gasteiger partial charge in [-0.05, 0) is 30.3 Å². The lowest BCUT2D eigenvalue weighted by molar-refractivity contribution is -0.892. The molecule has 2 aromatic rings. The topological polar surface area (TPSA) is 50.9 Å². The van der Waals surface area contributed by atoms with Crippen LogP contribution in [0, 0.1) is 5.82 Å². The number of hydrogen-bond donors (Lipinski definition) is 2. The monoisotopic (exact) mass is 316 g/mol. The molecule has 3 N–H and O–H groups in total. The summed E-state index contributed by atoms with van der Waals surface area (Å²) in [5, 5.41) is 2.81. The summed E-state index contributed by atoms with van der Waals surface area (Å²) >= 11 is 0. The van der Waals surface area contributed by atoms with Crippen molar-refractivity contribution in [1.82, 2.24) is 0 Å². The fourth-order valence-corrected chi connectivity index (χ4v) is 2.79. The summed E-state index contributed by atoms with van der Waals surface area (Å²) in [6.07, 6.45) is 1.92. The van der Waals surface area contributed by atoms with Gasteiger partial charge >= 0.3 is 0 Å². The number of aromatic amines is 1. The van der Waals surface area contributed by atoms with E-state index < -0.39 is 0 Å². The van der Waals surface area contributed by atoms with Gasteiger partial charge in [-0.1, -0.05) is 6.07 Å². The molecule has 1 saturated heterocycles. The number of amides is 1. The van der Waals surface area contributed by atoms with E-state index in [1.54, 1.807) is 12.1 Å². The first-order valence-electron chi connectivity index (χ1n) is 7.81. The minimum atomic E-state index is -0.303. The Morgan fingerprint density at radius 1 is 1.17 bits per heavy atom. The van der Waals surface area contributed by atoms with Gasteiger partial charge in [0.15, 0.2) is 6.54 Å². The summed E-state index contributed by atoms with van der Waals surface area (Å²) in [6.45, 7) is 4.10. The van der Waals surface area contributed by atoms with Crippen molar-refractivity contribution in [2.45, 2.75) is 0 Å². The van der Waals surface area contributed by atoms with E-state index in [1.807, 2.05) is 18.3 Å². The number of hydrogen-bond acceptors (Lipinski definition) is 2. The molecule has 5 nitrogen and oxygen atoms in total. The van der Waals surface area contributed by atoms with Crippen LogP contribution < -0.4 is 20.1 Å². The third kappa shape index (κ3) is 4.26. The van der Waals surface area contributed by atoms with Gasteiger partial charge in [0.25, 0.3) is 11.7 Å². The SMILES string of the molecule is O=C(C[NH+]1CCN(c2cccc[nH+]2)CC1)Nc1ccc(F)cc1. The van der Waals surface area contributed by atoms with Crippen molar-refractivity contribution in [3.05, 3.63) is 54.5 Å². The highest BCUT2D eigenvalue weighted by Crippen LogP contribution is 2.07. The van der Waals surface area contributed by atoms with Crippen LogP contribution in [-0.2, 0) is 4.79 Å². The molecule has 1 aromatic carbocycles. The lowest BCUT2D eigenvalue weighted by atomic mass is 10.3. The smallest absolute Gasteiger partial charge is 0.279 e. The first-order chi connectivity index (χ1) is 11.2. The maximum Gasteiger partial charge on any atom is 0.279 e. The molecule has 6 heteroatoms. The van der Waals surface area contributed by atoms with E-state index in [-0.39, 0.29) is 11.7 Å². The number of nitrogens with zero attached hydrogens (tertiary/aromatic N) is 1. The molecular weight excluding hydrogens is 295 g/mol. The zero-order valence-electron chi connectivity index (χ0n) is 12.9. The van der Waals surface area contributed by atoms with Crippen LogP contribution in [0.3, 0.4) is 0 Å². The number of quaternary nitrogens is 1. The lowest BCUT2D eigenvalue weighted by Crippen LogP contribution is -3.15. The Morgan fingerprint density at radius 2 is 1.91 bits per heavy atom. The number of rotatable bonds is 4. The van der Waals surface area contributed by atoms with Gasteiger partial charge in [0.1, 0.15) is 32.0 Å². The minimum Gasteiger partial charge on any atom is -0.321 e. The fraction of sp³-hybridized carbons (Fsp3) is 0.294. The summed E-state index contributed by atoms with van der Waals surface area (Å²) < 4.78 is 12.8. The first-order valence-corrected chi connectivity index (χ1v) is 7.81. The van der Waals surface area contributed by atoms with Gasteiger partial charge in [-0.2, -0.15) is 0 Å². The second kappa shape index (κ2) is 7.19. The van der Waals surface area contributed by atoms with E-state index in [0.717, 1.165) is 32.0 Å². The van der Waals surface area contributed by atoms with E-state index in [2.05, 4.69) is 21.3 Å². The Bertz CT molecular complexity index is 639. The molecule has 1 amide bonds.